The summed E-state index contributed by atoms with van der Waals surface area (Å²) in [5.41, 5.74) is -12.8. The molecule has 0 bridgehead atoms. The summed E-state index contributed by atoms with van der Waals surface area (Å²) in [6, 6.07) is -38.7. The highest BCUT2D eigenvalue weighted by Crippen LogP contribution is 2.45. The van der Waals surface area contributed by atoms with Gasteiger partial charge in [-0.1, -0.05) is 175 Å². The van der Waals surface area contributed by atoms with Crippen LogP contribution in [0.25, 0.3) is 105 Å². The number of nitrogens with zero attached hydrogens (tertiary/aromatic N) is 3. The molecule has 0 radical (unpaired) electrons. The number of aromatic nitrogens is 3. The molecule has 3 heterocycles. The average Bonchev–Trinajstić information content (AvgIpc) is 1.46. The maximum atomic E-state index is 10.2. The van der Waals surface area contributed by atoms with Crippen LogP contribution in [0.1, 0.15) is 48.0 Å². The van der Waals surface area contributed by atoms with Gasteiger partial charge in [-0.25, -0.2) is 0 Å². The summed E-state index contributed by atoms with van der Waals surface area (Å²) in [6.45, 7) is 0. The summed E-state index contributed by atoms with van der Waals surface area (Å²) < 4.78 is 327. The second kappa shape index (κ2) is 12.5. The van der Waals surface area contributed by atoms with Gasteiger partial charge in [0.2, 0.25) is 0 Å². The Kier molecular flexibility index (Phi) is 2.78. The Bertz CT molecular complexity index is 5350. The van der Waals surface area contributed by atoms with E-state index in [2.05, 4.69) is 0 Å². The van der Waals surface area contributed by atoms with E-state index >= 15 is 0 Å². The zero-order valence-electron chi connectivity index (χ0n) is 63.3. The average molecular weight is 761 g/mol. The van der Waals surface area contributed by atoms with Crippen molar-refractivity contribution in [1.82, 2.24) is 13.7 Å². The molecule has 3 aromatic heterocycles. The van der Waals surface area contributed by atoms with Crippen molar-refractivity contribution in [2.24, 2.45) is 0 Å². The Hall–Kier alpha value is -7.62. The van der Waals surface area contributed by atoms with Crippen molar-refractivity contribution < 1.29 is 48.0 Å². The van der Waals surface area contributed by atoms with Crippen molar-refractivity contribution in [2.75, 3.05) is 0 Å². The van der Waals surface area contributed by atoms with Gasteiger partial charge in [-0.15, -0.1) is 0 Å². The molecule has 0 fully saturated rings. The molecule has 266 valence electrons. The van der Waals surface area contributed by atoms with E-state index in [1.165, 1.54) is 0 Å². The number of fused-ring (bicyclic) bond motifs is 9. The van der Waals surface area contributed by atoms with Gasteiger partial charge in [0.1, 0.15) is 0 Å². The molecule has 0 unspecified atom stereocenters. The largest absolute Gasteiger partial charge is 0.307 e. The van der Waals surface area contributed by atoms with E-state index in [-0.39, 0.29) is 0 Å². The van der Waals surface area contributed by atoms with Crippen LogP contribution in [0.15, 0.2) is 211 Å². The first kappa shape index (κ1) is 12.7. The van der Waals surface area contributed by atoms with Gasteiger partial charge in [0.25, 0.3) is 0 Å². The Morgan fingerprint density at radius 3 is 1.09 bits per heavy atom. The van der Waals surface area contributed by atoms with Crippen LogP contribution in [0.3, 0.4) is 0 Å². The second-order valence-corrected chi connectivity index (χ2v) is 12.3. The van der Waals surface area contributed by atoms with Crippen molar-refractivity contribution in [2.45, 2.75) is 0 Å². The molecule has 57 heavy (non-hydrogen) atoms. The van der Waals surface area contributed by atoms with Crippen LogP contribution in [0.5, 0.6) is 0 Å². The first-order valence-electron chi connectivity index (χ1n) is 34.3. The lowest BCUT2D eigenvalue weighted by Crippen LogP contribution is -2.05. The third-order valence-electron chi connectivity index (χ3n) is 9.44. The molecule has 9 aromatic carbocycles. The molecule has 0 spiro atoms. The van der Waals surface area contributed by atoms with Gasteiger partial charge in [-0.2, -0.15) is 0 Å². The fourth-order valence-corrected chi connectivity index (χ4v) is 7.26. The lowest BCUT2D eigenvalue weighted by molar-refractivity contribution is 1.11. The quantitative estimate of drug-likeness (QED) is 0.166. The van der Waals surface area contributed by atoms with Crippen molar-refractivity contribution in [3.8, 4) is 39.3 Å². The third kappa shape index (κ3) is 4.60. The van der Waals surface area contributed by atoms with Crippen LogP contribution < -0.4 is 0 Å². The van der Waals surface area contributed by atoms with E-state index in [1.807, 2.05) is 0 Å². The second-order valence-electron chi connectivity index (χ2n) is 12.3. The number of hydrogen-bond donors (Lipinski definition) is 0. The molecule has 3 heteroatoms. The summed E-state index contributed by atoms with van der Waals surface area (Å²) in [5.74, 6) is 0. The molecular weight excluding hydrogens is 691 g/mol. The molecule has 0 atom stereocenters. The molecule has 0 N–H and O–H groups in total. The summed E-state index contributed by atoms with van der Waals surface area (Å²) in [6.07, 6.45) is 0. The SMILES string of the molecule is [2H]c1c([2H])c([2H])c(-c2c([2H])c([2H])c([2H])c(-c3c([2H])c([2H])c([2H])c([2H])c3[2H])c2-n2c3c([2H])c([2H])c([2H])c([2H])c3c3c([2H])c([2H])c([2H])c(-n4c5c([2H])c([2H])c([2H])c([2H])c5c5c([2H])c([2H])c([2H])c(-n6c7c([2H])c([2H])c([2H])c([2H])c7c7c([2H])c([2H])c([2H])c([2H])c76)c54)c32)c([2H])c1[2H]. The highest BCUT2D eigenvalue weighted by molar-refractivity contribution is 6.18. The van der Waals surface area contributed by atoms with Gasteiger partial charge in [-0.05, 0) is 47.4 Å². The predicted molar refractivity (Wildman–Crippen MR) is 240 cm³/mol. The van der Waals surface area contributed by atoms with E-state index in [9.17, 15) is 28.8 Å². The van der Waals surface area contributed by atoms with Gasteiger partial charge in [-0.3, -0.25) is 0 Å². The maximum Gasteiger partial charge on any atom is 0.0783 e. The number of benzene rings is 9. The molecule has 0 aliphatic rings. The Morgan fingerprint density at radius 2 is 0.596 bits per heavy atom. The molecular formula is C54H35N3. The molecule has 0 aliphatic heterocycles. The van der Waals surface area contributed by atoms with E-state index in [0.717, 1.165) is 0 Å². The molecule has 12 rings (SSSR count). The van der Waals surface area contributed by atoms with Gasteiger partial charge in [0.05, 0.1) is 98.1 Å². The summed E-state index contributed by atoms with van der Waals surface area (Å²) >= 11 is 0. The first-order valence-corrected chi connectivity index (χ1v) is 16.8. The lowest BCUT2D eigenvalue weighted by atomic mass is 9.95. The van der Waals surface area contributed by atoms with Crippen molar-refractivity contribution in [1.29, 1.82) is 0 Å². The zero-order chi connectivity index (χ0) is 67.9. The predicted octanol–water partition coefficient (Wildman–Crippen LogP) is 14.3. The first-order chi connectivity index (χ1) is 42.9. The topological polar surface area (TPSA) is 14.8 Å². The fourth-order valence-electron chi connectivity index (χ4n) is 7.26. The minimum absolute atomic E-state index is 0.577. The van der Waals surface area contributed by atoms with E-state index < -0.39 is 316 Å². The van der Waals surface area contributed by atoms with Gasteiger partial charge in [0.15, 0.2) is 0 Å². The zero-order valence-corrected chi connectivity index (χ0v) is 28.3. The number of hydrogen-bond acceptors (Lipinski definition) is 0. The van der Waals surface area contributed by atoms with Crippen LogP contribution in [-0.4, -0.2) is 13.7 Å². The van der Waals surface area contributed by atoms with Gasteiger partial charge < -0.3 is 13.7 Å². The Morgan fingerprint density at radius 1 is 0.263 bits per heavy atom. The Balaban J connectivity index is 1.53. The highest BCUT2D eigenvalue weighted by atomic mass is 15.1. The molecule has 12 aromatic rings. The van der Waals surface area contributed by atoms with Gasteiger partial charge in [0, 0.05) is 43.4 Å². The molecule has 0 aliphatic carbocycles. The molecule has 0 amide bonds. The summed E-state index contributed by atoms with van der Waals surface area (Å²) in [7, 11) is 0. The smallest absolute Gasteiger partial charge is 0.0783 e. The maximum absolute atomic E-state index is 10.2. The third-order valence-corrected chi connectivity index (χ3v) is 9.44. The van der Waals surface area contributed by atoms with Crippen LogP contribution in [-0.2, 0) is 0 Å². The van der Waals surface area contributed by atoms with Crippen LogP contribution in [0, 0.1) is 0 Å². The Labute approximate surface area is 378 Å². The summed E-state index contributed by atoms with van der Waals surface area (Å²) in [4.78, 5) is 0. The summed E-state index contributed by atoms with van der Waals surface area (Å²) in [5, 5.41) is -4.58. The van der Waals surface area contributed by atoms with Crippen molar-refractivity contribution in [3.05, 3.63) is 211 Å². The van der Waals surface area contributed by atoms with Crippen molar-refractivity contribution in [3.63, 3.8) is 0 Å². The van der Waals surface area contributed by atoms with Gasteiger partial charge >= 0.3 is 0 Å². The van der Waals surface area contributed by atoms with Crippen molar-refractivity contribution >= 4 is 65.4 Å². The highest BCUT2D eigenvalue weighted by Gasteiger charge is 2.25. The number of para-hydroxylation sites is 7. The van der Waals surface area contributed by atoms with E-state index in [4.69, 9.17) is 19.2 Å². The molecule has 3 nitrogen and oxygen atoms in total. The monoisotopic (exact) mass is 761 g/mol. The van der Waals surface area contributed by atoms with E-state index in [0.29, 0.717) is 13.7 Å². The fraction of sp³-hybridized carbons (Fsp3) is 0. The van der Waals surface area contributed by atoms with Crippen LogP contribution in [0.4, 0.5) is 0 Å². The minimum atomic E-state index is -1.29. The van der Waals surface area contributed by atoms with Crippen LogP contribution in [0.2, 0.25) is 0 Å². The standard InChI is InChI=1S/C54H35N3/c1-3-18-36(19-4-1)38-26-15-27-39(37-20-5-2-6-21-37)52(38)57-49-33-14-10-25-43(49)45-29-17-35-51(54(45)57)56-48-32-13-9-24-42(48)44-28-16-34-50(53(44)56)55-46-30-11-7-22-40(46)41-23-8-12-31-47(41)55/h1-35H/i1D,2D,3D,4D,5D,6D,7D,8D,9D,10D,11D,12D,13D,14D,15D,16D,17D,18D,19D,20D,21D,22D,23D,24D,25D,26D,27D,28D,29D,30D,31D,32D,33D,34D,35D. The number of rotatable bonds is 5. The minimum Gasteiger partial charge on any atom is -0.307 e. The van der Waals surface area contributed by atoms with Crippen LogP contribution >= 0.6 is 0 Å². The molecule has 0 saturated carbocycles. The van der Waals surface area contributed by atoms with E-state index in [1.54, 1.807) is 0 Å². The normalized spacial score (nSPS) is 20.5. The lowest BCUT2D eigenvalue weighted by Gasteiger charge is -2.21. The molecule has 0 saturated heterocycles.